The number of aromatic nitrogens is 4. The van der Waals surface area contributed by atoms with Gasteiger partial charge in [0.2, 0.25) is 0 Å². The van der Waals surface area contributed by atoms with E-state index in [1.165, 1.54) is 6.33 Å². The zero-order valence-electron chi connectivity index (χ0n) is 14.4. The number of rotatable bonds is 4. The van der Waals surface area contributed by atoms with E-state index < -0.39 is 8.60 Å². The van der Waals surface area contributed by atoms with E-state index in [1.54, 1.807) is 6.33 Å². The molecule has 0 saturated carbocycles. The first kappa shape index (κ1) is 16.8. The van der Waals surface area contributed by atoms with Crippen molar-refractivity contribution in [1.29, 1.82) is 0 Å². The molecule has 1 fully saturated rings. The Bertz CT molecular complexity index is 967. The lowest BCUT2D eigenvalue weighted by Gasteiger charge is -2.24. The van der Waals surface area contributed by atoms with Crippen LogP contribution in [0.25, 0.3) is 11.2 Å². The summed E-state index contributed by atoms with van der Waals surface area (Å²) in [5, 5.41) is 0. The minimum atomic E-state index is -1.40. The highest BCUT2D eigenvalue weighted by Crippen LogP contribution is 2.47. The van der Waals surface area contributed by atoms with Crippen LogP contribution in [-0.4, -0.2) is 32.2 Å². The summed E-state index contributed by atoms with van der Waals surface area (Å²) in [5.41, 5.74) is 8.14. The summed E-state index contributed by atoms with van der Waals surface area (Å²) < 4.78 is 25.3. The van der Waals surface area contributed by atoms with E-state index in [-0.39, 0.29) is 12.3 Å². The second kappa shape index (κ2) is 7.01. The molecule has 9 nitrogen and oxygen atoms in total. The third-order valence-electron chi connectivity index (χ3n) is 4.62. The molecular formula is C17H18N5O4P. The van der Waals surface area contributed by atoms with Crippen molar-refractivity contribution in [3.63, 3.8) is 0 Å². The summed E-state index contributed by atoms with van der Waals surface area (Å²) >= 11 is 0. The summed E-state index contributed by atoms with van der Waals surface area (Å²) in [6, 6.07) is 7.81. The molecule has 140 valence electrons. The van der Waals surface area contributed by atoms with Crippen molar-refractivity contribution >= 4 is 25.6 Å². The van der Waals surface area contributed by atoms with Gasteiger partial charge in [-0.3, -0.25) is 13.6 Å². The van der Waals surface area contributed by atoms with Gasteiger partial charge >= 0.3 is 8.60 Å². The lowest BCUT2D eigenvalue weighted by Crippen LogP contribution is -2.17. The van der Waals surface area contributed by atoms with Gasteiger partial charge in [-0.15, -0.1) is 0 Å². The number of nitrogens with zero attached hydrogens (tertiary/aromatic N) is 4. The van der Waals surface area contributed by atoms with Crippen LogP contribution in [0.1, 0.15) is 24.6 Å². The van der Waals surface area contributed by atoms with E-state index in [4.69, 9.17) is 24.0 Å². The van der Waals surface area contributed by atoms with Gasteiger partial charge in [-0.1, -0.05) is 18.2 Å². The van der Waals surface area contributed by atoms with Crippen LogP contribution in [-0.2, 0) is 20.4 Å². The largest absolute Gasteiger partial charge is 0.426 e. The fourth-order valence-electron chi connectivity index (χ4n) is 3.24. The standard InChI is InChI=1S/C17H18N5O4P/c18-16-15-17(20-9-19-16)22(10-21-15)14-6-5-12(25-14)8-24-27-23-7-11-3-1-2-4-13(11)26-27/h1-4,9-10,12,14H,5-8H2,(H2,18,19,20). The molecule has 3 aromatic rings. The number of fused-ring (bicyclic) bond motifs is 2. The maximum absolute atomic E-state index is 6.11. The SMILES string of the molecule is Nc1ncnc2c1ncn2C1CCC(COP2OCc3ccccc3O2)O1. The Balaban J connectivity index is 1.20. The van der Waals surface area contributed by atoms with Gasteiger partial charge in [0.05, 0.1) is 25.6 Å². The number of anilines is 1. The normalized spacial score (nSPS) is 24.7. The van der Waals surface area contributed by atoms with Gasteiger partial charge in [0, 0.05) is 5.56 Å². The number of nitrogen functional groups attached to an aromatic ring is 1. The summed E-state index contributed by atoms with van der Waals surface area (Å²) in [6.07, 6.45) is 4.64. The highest BCUT2D eigenvalue weighted by Gasteiger charge is 2.31. The van der Waals surface area contributed by atoms with Crippen molar-refractivity contribution < 1.29 is 18.3 Å². The number of nitrogens with two attached hydrogens (primary N) is 1. The van der Waals surface area contributed by atoms with Crippen LogP contribution in [0.3, 0.4) is 0 Å². The summed E-state index contributed by atoms with van der Waals surface area (Å²) in [4.78, 5) is 12.5. The number of benzene rings is 1. The van der Waals surface area contributed by atoms with Crippen LogP contribution in [0.15, 0.2) is 36.9 Å². The Hall–Kier alpha value is -2.32. The fourth-order valence-corrected chi connectivity index (χ4v) is 4.29. The van der Waals surface area contributed by atoms with Gasteiger partial charge in [-0.2, -0.15) is 0 Å². The summed E-state index contributed by atoms with van der Waals surface area (Å²) in [6.45, 7) is 0.909. The van der Waals surface area contributed by atoms with Crippen molar-refractivity contribution in [2.45, 2.75) is 31.8 Å². The second-order valence-electron chi connectivity index (χ2n) is 6.36. The first-order chi connectivity index (χ1) is 13.3. The van der Waals surface area contributed by atoms with E-state index in [9.17, 15) is 0 Å². The van der Waals surface area contributed by atoms with E-state index in [0.717, 1.165) is 24.2 Å². The van der Waals surface area contributed by atoms with Gasteiger partial charge in [0.25, 0.3) is 0 Å². The van der Waals surface area contributed by atoms with Crippen LogP contribution in [0.5, 0.6) is 5.75 Å². The average Bonchev–Trinajstić information content (AvgIpc) is 3.33. The lowest BCUT2D eigenvalue weighted by atomic mass is 10.2. The third kappa shape index (κ3) is 3.23. The van der Waals surface area contributed by atoms with Crippen LogP contribution in [0.2, 0.25) is 0 Å². The Morgan fingerprint density at radius 1 is 1.22 bits per heavy atom. The third-order valence-corrected chi connectivity index (χ3v) is 5.66. The van der Waals surface area contributed by atoms with E-state index in [2.05, 4.69) is 15.0 Å². The van der Waals surface area contributed by atoms with Crippen molar-refractivity contribution in [2.24, 2.45) is 0 Å². The van der Waals surface area contributed by atoms with E-state index >= 15 is 0 Å². The van der Waals surface area contributed by atoms with Gasteiger partial charge in [-0.25, -0.2) is 15.0 Å². The quantitative estimate of drug-likeness (QED) is 0.681. The summed E-state index contributed by atoms with van der Waals surface area (Å²) in [7, 11) is -1.40. The predicted octanol–water partition coefficient (Wildman–Crippen LogP) is 2.94. The molecule has 0 spiro atoms. The topological polar surface area (TPSA) is 107 Å². The van der Waals surface area contributed by atoms with E-state index in [1.807, 2.05) is 28.8 Å². The molecule has 3 unspecified atom stereocenters. The molecule has 2 aromatic heterocycles. The molecule has 27 heavy (non-hydrogen) atoms. The van der Waals surface area contributed by atoms with Crippen LogP contribution < -0.4 is 10.3 Å². The second-order valence-corrected chi connectivity index (χ2v) is 7.51. The molecule has 2 aliphatic rings. The maximum Gasteiger partial charge on any atom is 0.397 e. The van der Waals surface area contributed by atoms with Crippen molar-refractivity contribution in [1.82, 2.24) is 19.5 Å². The fraction of sp³-hybridized carbons (Fsp3) is 0.353. The summed E-state index contributed by atoms with van der Waals surface area (Å²) in [5.74, 6) is 1.19. The number of ether oxygens (including phenoxy) is 1. The smallest absolute Gasteiger partial charge is 0.397 e. The van der Waals surface area contributed by atoms with Crippen molar-refractivity contribution in [3.05, 3.63) is 42.5 Å². The molecule has 0 aliphatic carbocycles. The van der Waals surface area contributed by atoms with Crippen LogP contribution in [0, 0.1) is 0 Å². The number of hydrogen-bond acceptors (Lipinski definition) is 8. The molecule has 1 aromatic carbocycles. The molecule has 5 rings (SSSR count). The predicted molar refractivity (Wildman–Crippen MR) is 97.6 cm³/mol. The minimum absolute atomic E-state index is 0.0431. The maximum atomic E-state index is 6.11. The molecule has 0 radical (unpaired) electrons. The number of imidazole rings is 1. The first-order valence-electron chi connectivity index (χ1n) is 8.68. The van der Waals surface area contributed by atoms with Crippen LogP contribution >= 0.6 is 8.60 Å². The van der Waals surface area contributed by atoms with E-state index in [0.29, 0.717) is 30.2 Å². The Morgan fingerprint density at radius 2 is 2.15 bits per heavy atom. The molecular weight excluding hydrogens is 369 g/mol. The molecule has 3 atom stereocenters. The van der Waals surface area contributed by atoms with Gasteiger partial charge < -0.3 is 15.0 Å². The molecule has 2 aliphatic heterocycles. The average molecular weight is 387 g/mol. The van der Waals surface area contributed by atoms with Crippen LogP contribution in [0.4, 0.5) is 5.82 Å². The molecule has 0 amide bonds. The van der Waals surface area contributed by atoms with Gasteiger partial charge in [0.1, 0.15) is 23.8 Å². The molecule has 0 bridgehead atoms. The molecule has 10 heteroatoms. The molecule has 2 N–H and O–H groups in total. The van der Waals surface area contributed by atoms with Gasteiger partial charge in [0.15, 0.2) is 11.5 Å². The molecule has 1 saturated heterocycles. The lowest BCUT2D eigenvalue weighted by molar-refractivity contribution is -0.0190. The monoisotopic (exact) mass is 387 g/mol. The number of para-hydroxylation sites is 1. The van der Waals surface area contributed by atoms with Gasteiger partial charge in [-0.05, 0) is 18.9 Å². The number of hydrogen-bond donors (Lipinski definition) is 1. The van der Waals surface area contributed by atoms with Crippen molar-refractivity contribution in [3.8, 4) is 5.75 Å². The minimum Gasteiger partial charge on any atom is -0.426 e. The highest BCUT2D eigenvalue weighted by molar-refractivity contribution is 7.42. The first-order valence-corrected chi connectivity index (χ1v) is 9.78. The zero-order valence-corrected chi connectivity index (χ0v) is 15.3. The highest BCUT2D eigenvalue weighted by atomic mass is 31.2. The Kier molecular flexibility index (Phi) is 4.37. The zero-order chi connectivity index (χ0) is 18.2. The Labute approximate surface area is 156 Å². The molecule has 4 heterocycles. The van der Waals surface area contributed by atoms with Crippen molar-refractivity contribution in [2.75, 3.05) is 12.3 Å². The Morgan fingerprint density at radius 3 is 3.11 bits per heavy atom.